The van der Waals surface area contributed by atoms with E-state index in [2.05, 4.69) is 32.6 Å². The minimum absolute atomic E-state index is 0.0462. The molecule has 102 valence electrons. The molecular formula is C13H29N3O. The van der Waals surface area contributed by atoms with Gasteiger partial charge < -0.3 is 10.6 Å². The second-order valence-electron chi connectivity index (χ2n) is 6.02. The van der Waals surface area contributed by atoms with Gasteiger partial charge in [0, 0.05) is 26.2 Å². The molecule has 0 rings (SSSR count). The molecule has 0 aliphatic carbocycles. The van der Waals surface area contributed by atoms with E-state index < -0.39 is 0 Å². The zero-order valence-electron chi connectivity index (χ0n) is 12.4. The van der Waals surface area contributed by atoms with E-state index in [9.17, 15) is 4.79 Å². The fourth-order valence-corrected chi connectivity index (χ4v) is 2.39. The molecule has 0 saturated heterocycles. The van der Waals surface area contributed by atoms with Crippen LogP contribution in [-0.4, -0.2) is 55.0 Å². The van der Waals surface area contributed by atoms with Crippen LogP contribution in [-0.2, 0) is 4.79 Å². The van der Waals surface area contributed by atoms with Crippen LogP contribution < -0.4 is 5.73 Å². The molecule has 0 bridgehead atoms. The third kappa shape index (κ3) is 5.04. The molecule has 2 unspecified atom stereocenters. The van der Waals surface area contributed by atoms with Crippen molar-refractivity contribution >= 4 is 5.91 Å². The first-order valence-electron chi connectivity index (χ1n) is 6.31. The summed E-state index contributed by atoms with van der Waals surface area (Å²) in [6, 6.07) is 0.251. The molecule has 1 amide bonds. The third-order valence-corrected chi connectivity index (χ3v) is 3.02. The molecule has 0 aromatic carbocycles. The number of carbonyl (C=O) groups is 1. The maximum Gasteiger partial charge on any atom is 0.236 e. The van der Waals surface area contributed by atoms with Crippen molar-refractivity contribution < 1.29 is 4.79 Å². The second kappa shape index (κ2) is 6.36. The summed E-state index contributed by atoms with van der Waals surface area (Å²) in [6.45, 7) is 11.9. The summed E-state index contributed by atoms with van der Waals surface area (Å²) in [5.74, 6) is 0.127. The molecule has 0 fully saturated rings. The summed E-state index contributed by atoms with van der Waals surface area (Å²) in [5, 5.41) is 0. The highest BCUT2D eigenvalue weighted by Crippen LogP contribution is 2.26. The number of amides is 1. The van der Waals surface area contributed by atoms with Crippen LogP contribution in [0.4, 0.5) is 0 Å². The maximum atomic E-state index is 11.8. The van der Waals surface area contributed by atoms with Gasteiger partial charge in [0.05, 0.1) is 6.54 Å². The van der Waals surface area contributed by atoms with Crippen LogP contribution in [0, 0.1) is 5.41 Å². The van der Waals surface area contributed by atoms with Crippen molar-refractivity contribution in [3.63, 3.8) is 0 Å². The zero-order chi connectivity index (χ0) is 13.8. The summed E-state index contributed by atoms with van der Waals surface area (Å²) < 4.78 is 0. The molecule has 0 heterocycles. The van der Waals surface area contributed by atoms with Gasteiger partial charge in [-0.15, -0.1) is 0 Å². The Bertz CT molecular complexity index is 244. The van der Waals surface area contributed by atoms with Gasteiger partial charge in [-0.05, 0) is 18.9 Å². The van der Waals surface area contributed by atoms with Crippen LogP contribution in [0.25, 0.3) is 0 Å². The van der Waals surface area contributed by atoms with Gasteiger partial charge in [0.15, 0.2) is 0 Å². The number of rotatable bonds is 5. The highest BCUT2D eigenvalue weighted by Gasteiger charge is 2.33. The lowest BCUT2D eigenvalue weighted by molar-refractivity contribution is -0.131. The van der Waals surface area contributed by atoms with Gasteiger partial charge in [0.25, 0.3) is 0 Å². The lowest BCUT2D eigenvalue weighted by Crippen LogP contribution is -2.55. The first kappa shape index (κ1) is 16.4. The molecule has 0 saturated carbocycles. The van der Waals surface area contributed by atoms with Gasteiger partial charge in [-0.1, -0.05) is 27.7 Å². The first-order chi connectivity index (χ1) is 7.61. The molecule has 0 spiro atoms. The number of hydrogen-bond acceptors (Lipinski definition) is 3. The van der Waals surface area contributed by atoms with Crippen LogP contribution in [0.15, 0.2) is 0 Å². The Morgan fingerprint density at radius 2 is 1.76 bits per heavy atom. The molecule has 17 heavy (non-hydrogen) atoms. The summed E-state index contributed by atoms with van der Waals surface area (Å²) in [6.07, 6.45) is 0. The van der Waals surface area contributed by atoms with Crippen molar-refractivity contribution in [2.24, 2.45) is 11.1 Å². The molecule has 0 aromatic heterocycles. The number of nitrogens with zero attached hydrogens (tertiary/aromatic N) is 2. The van der Waals surface area contributed by atoms with Gasteiger partial charge in [0.1, 0.15) is 0 Å². The Morgan fingerprint density at radius 3 is 2.00 bits per heavy atom. The lowest BCUT2D eigenvalue weighted by Gasteiger charge is -2.42. The molecule has 0 aliphatic rings. The Kier molecular flexibility index (Phi) is 6.13. The number of carbonyl (C=O) groups excluding carboxylic acids is 1. The third-order valence-electron chi connectivity index (χ3n) is 3.02. The van der Waals surface area contributed by atoms with Crippen LogP contribution in [0.5, 0.6) is 0 Å². The van der Waals surface area contributed by atoms with Crippen molar-refractivity contribution in [3.8, 4) is 0 Å². The Labute approximate surface area is 106 Å². The van der Waals surface area contributed by atoms with Gasteiger partial charge >= 0.3 is 0 Å². The number of hydrogen-bond donors (Lipinski definition) is 1. The number of likely N-dealkylation sites (N-methyl/N-ethyl adjacent to an activating group) is 2. The van der Waals surface area contributed by atoms with Crippen molar-refractivity contribution in [3.05, 3.63) is 0 Å². The number of nitrogens with two attached hydrogens (primary N) is 1. The van der Waals surface area contributed by atoms with E-state index in [1.165, 1.54) is 0 Å². The Morgan fingerprint density at radius 1 is 1.29 bits per heavy atom. The lowest BCUT2D eigenvalue weighted by atomic mass is 9.81. The zero-order valence-corrected chi connectivity index (χ0v) is 12.4. The smallest absolute Gasteiger partial charge is 0.236 e. The molecule has 2 N–H and O–H groups in total. The van der Waals surface area contributed by atoms with Crippen LogP contribution >= 0.6 is 0 Å². The van der Waals surface area contributed by atoms with Gasteiger partial charge in [0.2, 0.25) is 5.91 Å². The normalized spacial score (nSPS) is 15.8. The van der Waals surface area contributed by atoms with E-state index in [1.54, 1.807) is 19.0 Å². The first-order valence-corrected chi connectivity index (χ1v) is 6.31. The van der Waals surface area contributed by atoms with E-state index in [0.29, 0.717) is 6.54 Å². The van der Waals surface area contributed by atoms with Crippen molar-refractivity contribution in [1.29, 1.82) is 0 Å². The quantitative estimate of drug-likeness (QED) is 0.788. The van der Waals surface area contributed by atoms with Crippen LogP contribution in [0.3, 0.4) is 0 Å². The highest BCUT2D eigenvalue weighted by atomic mass is 16.2. The second-order valence-corrected chi connectivity index (χ2v) is 6.02. The Balaban J connectivity index is 4.87. The molecule has 0 aromatic rings. The Hall–Kier alpha value is -0.610. The highest BCUT2D eigenvalue weighted by molar-refractivity contribution is 5.77. The topological polar surface area (TPSA) is 49.6 Å². The average Bonchev–Trinajstić information content (AvgIpc) is 2.13. The van der Waals surface area contributed by atoms with E-state index in [4.69, 9.17) is 5.73 Å². The summed E-state index contributed by atoms with van der Waals surface area (Å²) in [4.78, 5) is 15.6. The molecule has 0 aliphatic heterocycles. The maximum absolute atomic E-state index is 11.8. The van der Waals surface area contributed by atoms with E-state index >= 15 is 0 Å². The molecule has 4 heteroatoms. The predicted molar refractivity (Wildman–Crippen MR) is 72.8 cm³/mol. The summed E-state index contributed by atoms with van der Waals surface area (Å²) in [5.41, 5.74) is 6.15. The van der Waals surface area contributed by atoms with Gasteiger partial charge in [-0.2, -0.15) is 0 Å². The van der Waals surface area contributed by atoms with Crippen molar-refractivity contribution in [2.45, 2.75) is 46.7 Å². The summed E-state index contributed by atoms with van der Waals surface area (Å²) >= 11 is 0. The van der Waals surface area contributed by atoms with E-state index in [1.807, 2.05) is 6.92 Å². The van der Waals surface area contributed by atoms with Gasteiger partial charge in [-0.3, -0.25) is 9.69 Å². The fraction of sp³-hybridized carbons (Fsp3) is 0.923. The standard InChI is InChI=1S/C13H29N3O/c1-8-16(9-11(17)15(6)7)12(10(2)14)13(3,4)5/h10,12H,8-9,14H2,1-7H3. The van der Waals surface area contributed by atoms with Crippen LogP contribution in [0.1, 0.15) is 34.6 Å². The minimum atomic E-state index is 0.0462. The monoisotopic (exact) mass is 243 g/mol. The molecule has 2 atom stereocenters. The largest absolute Gasteiger partial charge is 0.348 e. The van der Waals surface area contributed by atoms with E-state index in [-0.39, 0.29) is 23.4 Å². The van der Waals surface area contributed by atoms with Crippen LogP contribution in [0.2, 0.25) is 0 Å². The fourth-order valence-electron chi connectivity index (χ4n) is 2.39. The molecule has 4 nitrogen and oxygen atoms in total. The summed E-state index contributed by atoms with van der Waals surface area (Å²) in [7, 11) is 3.57. The molecular weight excluding hydrogens is 214 g/mol. The van der Waals surface area contributed by atoms with Gasteiger partial charge in [-0.25, -0.2) is 0 Å². The minimum Gasteiger partial charge on any atom is -0.348 e. The van der Waals surface area contributed by atoms with E-state index in [0.717, 1.165) is 6.54 Å². The molecule has 0 radical (unpaired) electrons. The van der Waals surface area contributed by atoms with Crippen molar-refractivity contribution in [2.75, 3.05) is 27.2 Å². The van der Waals surface area contributed by atoms with Crippen molar-refractivity contribution in [1.82, 2.24) is 9.80 Å². The average molecular weight is 243 g/mol. The SMILES string of the molecule is CCN(CC(=O)N(C)C)C(C(C)N)C(C)(C)C. The predicted octanol–water partition coefficient (Wildman–Crippen LogP) is 1.16.